The Labute approximate surface area is 190 Å². The Kier molecular flexibility index (Phi) is 5.82. The van der Waals surface area contributed by atoms with Gasteiger partial charge in [0.05, 0.1) is 0 Å². The van der Waals surface area contributed by atoms with E-state index in [1.54, 1.807) is 36.6 Å². The number of carbonyl (C=O) groups excluding carboxylic acids is 3. The molecule has 1 atom stereocenters. The van der Waals surface area contributed by atoms with Crippen molar-refractivity contribution in [2.75, 3.05) is 32.7 Å². The highest BCUT2D eigenvalue weighted by Gasteiger charge is 2.49. The molecular weight excluding hydrogens is 452 g/mol. The number of nitrogens with zero attached hydrogens (tertiary/aromatic N) is 3. The average molecular weight is 477 g/mol. The van der Waals surface area contributed by atoms with E-state index >= 15 is 0 Å². The molecular formula is C21H24N4O5S2. The van der Waals surface area contributed by atoms with Crippen LogP contribution in [0.5, 0.6) is 0 Å². The molecule has 2 saturated heterocycles. The number of benzene rings is 1. The van der Waals surface area contributed by atoms with Crippen LogP contribution >= 0.6 is 11.3 Å². The highest BCUT2D eigenvalue weighted by Crippen LogP contribution is 2.29. The number of carbonyl (C=O) groups is 3. The summed E-state index contributed by atoms with van der Waals surface area (Å²) in [6.45, 7) is 3.88. The number of imide groups is 1. The van der Waals surface area contributed by atoms with Gasteiger partial charge in [0.25, 0.3) is 15.9 Å². The standard InChI is InChI=1S/C21H24N4O5S2/c1-15-5-7-16(8-6-15)21(2)19(27)25(20(28)22-21)14-17(26)23-9-11-24(12-10-23)32(29,30)18-4-3-13-31-18/h3-8,13H,9-12,14H2,1-2H3,(H,22,28)/t21-/m0/s1. The van der Waals surface area contributed by atoms with Gasteiger partial charge in [-0.15, -0.1) is 11.3 Å². The maximum Gasteiger partial charge on any atom is 0.325 e. The zero-order valence-electron chi connectivity index (χ0n) is 17.8. The normalized spacial score (nSPS) is 22.3. The number of hydrogen-bond donors (Lipinski definition) is 1. The van der Waals surface area contributed by atoms with Crippen LogP contribution in [0.3, 0.4) is 0 Å². The van der Waals surface area contributed by atoms with Crippen molar-refractivity contribution in [2.24, 2.45) is 0 Å². The summed E-state index contributed by atoms with van der Waals surface area (Å²) in [6.07, 6.45) is 0. The maximum absolute atomic E-state index is 13.0. The van der Waals surface area contributed by atoms with Crippen molar-refractivity contribution >= 4 is 39.2 Å². The lowest BCUT2D eigenvalue weighted by molar-refractivity contribution is -0.139. The summed E-state index contributed by atoms with van der Waals surface area (Å²) in [7, 11) is -3.57. The molecule has 4 rings (SSSR count). The van der Waals surface area contributed by atoms with Gasteiger partial charge in [-0.25, -0.2) is 13.2 Å². The van der Waals surface area contributed by atoms with Crippen LogP contribution in [0.15, 0.2) is 46.0 Å². The zero-order chi connectivity index (χ0) is 23.1. The van der Waals surface area contributed by atoms with Gasteiger partial charge in [0.1, 0.15) is 16.3 Å². The third kappa shape index (κ3) is 3.91. The van der Waals surface area contributed by atoms with Crippen LogP contribution in [0.2, 0.25) is 0 Å². The van der Waals surface area contributed by atoms with Crippen molar-refractivity contribution in [1.29, 1.82) is 0 Å². The molecule has 0 aliphatic carbocycles. The average Bonchev–Trinajstić information content (AvgIpc) is 3.39. The van der Waals surface area contributed by atoms with Gasteiger partial charge in [0.2, 0.25) is 5.91 Å². The summed E-state index contributed by atoms with van der Waals surface area (Å²) in [5.74, 6) is -0.881. The first-order chi connectivity index (χ1) is 15.1. The summed E-state index contributed by atoms with van der Waals surface area (Å²) in [4.78, 5) is 40.8. The molecule has 0 unspecified atom stereocenters. The monoisotopic (exact) mass is 476 g/mol. The topological polar surface area (TPSA) is 107 Å². The van der Waals surface area contributed by atoms with E-state index in [0.29, 0.717) is 5.56 Å². The van der Waals surface area contributed by atoms with Crippen molar-refractivity contribution in [1.82, 2.24) is 19.4 Å². The largest absolute Gasteiger partial charge is 0.338 e. The first kappa shape index (κ1) is 22.4. The van der Waals surface area contributed by atoms with E-state index in [9.17, 15) is 22.8 Å². The van der Waals surface area contributed by atoms with Crippen molar-refractivity contribution < 1.29 is 22.8 Å². The molecule has 0 spiro atoms. The number of thiophene rings is 1. The molecule has 2 aliphatic rings. The highest BCUT2D eigenvalue weighted by atomic mass is 32.2. The molecule has 2 aliphatic heterocycles. The second-order valence-electron chi connectivity index (χ2n) is 8.03. The number of nitrogens with one attached hydrogen (secondary N) is 1. The van der Waals surface area contributed by atoms with E-state index in [1.807, 2.05) is 19.1 Å². The predicted octanol–water partition coefficient (Wildman–Crippen LogP) is 1.36. The lowest BCUT2D eigenvalue weighted by atomic mass is 9.91. The molecule has 1 N–H and O–H groups in total. The Hall–Kier alpha value is -2.76. The van der Waals surface area contributed by atoms with Crippen LogP contribution < -0.4 is 5.32 Å². The molecule has 0 bridgehead atoms. The SMILES string of the molecule is Cc1ccc([C@]2(C)NC(=O)N(CC(=O)N3CCN(S(=O)(=O)c4cccs4)CC3)C2=O)cc1. The van der Waals surface area contributed by atoms with Gasteiger partial charge in [-0.2, -0.15) is 4.31 Å². The fourth-order valence-electron chi connectivity index (χ4n) is 3.87. The second kappa shape index (κ2) is 8.30. The smallest absolute Gasteiger partial charge is 0.325 e. The maximum atomic E-state index is 13.0. The zero-order valence-corrected chi connectivity index (χ0v) is 19.4. The van der Waals surface area contributed by atoms with Crippen LogP contribution in [0.25, 0.3) is 0 Å². The Bertz CT molecular complexity index is 1140. The Morgan fingerprint density at radius 1 is 1.09 bits per heavy atom. The molecule has 0 saturated carbocycles. The van der Waals surface area contributed by atoms with Crippen LogP contribution in [0.1, 0.15) is 18.1 Å². The summed E-state index contributed by atoms with van der Waals surface area (Å²) in [5, 5.41) is 4.40. The number of aryl methyl sites for hydroxylation is 1. The van der Waals surface area contributed by atoms with E-state index in [2.05, 4.69) is 5.32 Å². The molecule has 9 nitrogen and oxygen atoms in total. The van der Waals surface area contributed by atoms with Crippen molar-refractivity contribution in [3.8, 4) is 0 Å². The first-order valence-electron chi connectivity index (χ1n) is 10.2. The van der Waals surface area contributed by atoms with Gasteiger partial charge in [0, 0.05) is 26.2 Å². The third-order valence-corrected chi connectivity index (χ3v) is 9.15. The molecule has 0 radical (unpaired) electrons. The van der Waals surface area contributed by atoms with Crippen LogP contribution in [-0.4, -0.2) is 73.1 Å². The summed E-state index contributed by atoms with van der Waals surface area (Å²) < 4.78 is 26.9. The van der Waals surface area contributed by atoms with Crippen molar-refractivity contribution in [3.05, 3.63) is 52.9 Å². The second-order valence-corrected chi connectivity index (χ2v) is 11.1. The van der Waals surface area contributed by atoms with Crippen LogP contribution in [0, 0.1) is 6.92 Å². The molecule has 3 heterocycles. The van der Waals surface area contributed by atoms with Gasteiger partial charge in [0.15, 0.2) is 0 Å². The summed E-state index contributed by atoms with van der Waals surface area (Å²) >= 11 is 1.15. The van der Waals surface area contributed by atoms with E-state index in [4.69, 9.17) is 0 Å². The van der Waals surface area contributed by atoms with Gasteiger partial charge < -0.3 is 10.2 Å². The Morgan fingerprint density at radius 2 is 1.75 bits per heavy atom. The van der Waals surface area contributed by atoms with Gasteiger partial charge >= 0.3 is 6.03 Å². The fourth-order valence-corrected chi connectivity index (χ4v) is 6.44. The quantitative estimate of drug-likeness (QED) is 0.656. The number of hydrogen-bond acceptors (Lipinski definition) is 6. The van der Waals surface area contributed by atoms with Gasteiger partial charge in [-0.05, 0) is 30.9 Å². The van der Waals surface area contributed by atoms with E-state index < -0.39 is 33.4 Å². The molecule has 1 aromatic carbocycles. The minimum atomic E-state index is -3.57. The number of amides is 4. The molecule has 2 aromatic rings. The number of urea groups is 1. The van der Waals surface area contributed by atoms with Gasteiger partial charge in [-0.3, -0.25) is 14.5 Å². The highest BCUT2D eigenvalue weighted by molar-refractivity contribution is 7.91. The van der Waals surface area contributed by atoms with Crippen molar-refractivity contribution in [3.63, 3.8) is 0 Å². The minimum Gasteiger partial charge on any atom is -0.338 e. The molecule has 32 heavy (non-hydrogen) atoms. The Balaban J connectivity index is 1.40. The van der Waals surface area contributed by atoms with Crippen molar-refractivity contribution in [2.45, 2.75) is 23.6 Å². The van der Waals surface area contributed by atoms with Crippen LogP contribution in [0.4, 0.5) is 4.79 Å². The predicted molar refractivity (Wildman–Crippen MR) is 118 cm³/mol. The molecule has 170 valence electrons. The third-order valence-electron chi connectivity index (χ3n) is 5.88. The molecule has 11 heteroatoms. The summed E-state index contributed by atoms with van der Waals surface area (Å²) in [6, 6.07) is 9.90. The van der Waals surface area contributed by atoms with Gasteiger partial charge in [-0.1, -0.05) is 35.9 Å². The molecule has 4 amide bonds. The minimum absolute atomic E-state index is 0.160. The van der Waals surface area contributed by atoms with Crippen LogP contribution in [-0.2, 0) is 25.2 Å². The number of piperazine rings is 1. The van der Waals surface area contributed by atoms with E-state index in [1.165, 1.54) is 9.21 Å². The number of rotatable bonds is 5. The van der Waals surface area contributed by atoms with E-state index in [-0.39, 0.29) is 36.9 Å². The summed E-state index contributed by atoms with van der Waals surface area (Å²) in [5.41, 5.74) is 0.434. The first-order valence-corrected chi connectivity index (χ1v) is 12.5. The molecule has 2 fully saturated rings. The lowest BCUT2D eigenvalue weighted by Gasteiger charge is -2.34. The Morgan fingerprint density at radius 3 is 2.34 bits per heavy atom. The fraction of sp³-hybridized carbons (Fsp3) is 0.381. The number of sulfonamides is 1. The molecule has 1 aromatic heterocycles. The lowest BCUT2D eigenvalue weighted by Crippen LogP contribution is -2.53. The van der Waals surface area contributed by atoms with E-state index in [0.717, 1.165) is 21.8 Å².